The van der Waals surface area contributed by atoms with Crippen molar-refractivity contribution in [3.05, 3.63) is 237 Å². The fourth-order valence-electron chi connectivity index (χ4n) is 11.5. The normalized spacial score (nSPS) is 12.8. The zero-order valence-electron chi connectivity index (χ0n) is 35.8. The molecule has 0 saturated carbocycles. The Hall–Kier alpha value is -8.32. The molecule has 0 bridgehead atoms. The van der Waals surface area contributed by atoms with Gasteiger partial charge in [0.15, 0.2) is 8.07 Å². The van der Waals surface area contributed by atoms with E-state index in [2.05, 4.69) is 246 Å². The number of aromatic nitrogens is 2. The van der Waals surface area contributed by atoms with Crippen molar-refractivity contribution in [3.8, 4) is 34.4 Å². The van der Waals surface area contributed by atoms with E-state index in [1.807, 2.05) is 0 Å². The van der Waals surface area contributed by atoms with E-state index >= 15 is 0 Å². The summed E-state index contributed by atoms with van der Waals surface area (Å²) in [4.78, 5) is 0. The van der Waals surface area contributed by atoms with Crippen LogP contribution in [0.25, 0.3) is 55.0 Å². The fourth-order valence-corrected chi connectivity index (χ4v) is 16.3. The number of hydrogen-bond donors (Lipinski definition) is 0. The number of benzene rings is 10. The van der Waals surface area contributed by atoms with Gasteiger partial charge in [-0.2, -0.15) is 0 Å². The maximum absolute atomic E-state index is 7.21. The highest BCUT2D eigenvalue weighted by Gasteiger charge is 2.43. The van der Waals surface area contributed by atoms with Crippen LogP contribution in [0.15, 0.2) is 237 Å². The summed E-state index contributed by atoms with van der Waals surface area (Å²) >= 11 is 0. The molecule has 0 amide bonds. The van der Waals surface area contributed by atoms with E-state index in [0.717, 1.165) is 72.8 Å². The Labute approximate surface area is 383 Å². The van der Waals surface area contributed by atoms with Gasteiger partial charge in [-0.05, 0) is 80.2 Å². The number of rotatable bonds is 6. The largest absolute Gasteiger partial charge is 0.458 e. The molecule has 0 unspecified atom stereocenters. The van der Waals surface area contributed by atoms with E-state index in [4.69, 9.17) is 9.47 Å². The average molecular weight is 859 g/mol. The van der Waals surface area contributed by atoms with Crippen LogP contribution in [-0.4, -0.2) is 23.9 Å². The molecular weight excluding hydrogens is 820 g/mol. The van der Waals surface area contributed by atoms with E-state index < -0.39 is 8.07 Å². The van der Waals surface area contributed by atoms with Crippen molar-refractivity contribution < 1.29 is 9.47 Å². The highest BCUT2D eigenvalue weighted by molar-refractivity contribution is 7.20. The van der Waals surface area contributed by atoms with Crippen LogP contribution in [0, 0.1) is 0 Å². The highest BCUT2D eigenvalue weighted by Crippen LogP contribution is 2.44. The Morgan fingerprint density at radius 2 is 0.848 bits per heavy atom. The zero-order chi connectivity index (χ0) is 43.3. The van der Waals surface area contributed by atoms with Crippen LogP contribution in [-0.2, 0) is 0 Å². The van der Waals surface area contributed by atoms with Gasteiger partial charge in [0.1, 0.15) is 23.0 Å². The zero-order valence-corrected chi connectivity index (χ0v) is 36.8. The third-order valence-corrected chi connectivity index (χ3v) is 19.0. The van der Waals surface area contributed by atoms with Crippen LogP contribution >= 0.6 is 0 Å². The molecule has 0 saturated heterocycles. The van der Waals surface area contributed by atoms with Gasteiger partial charge in [0, 0.05) is 27.0 Å². The minimum atomic E-state index is -2.88. The molecule has 2 aliphatic heterocycles. The second-order valence-corrected chi connectivity index (χ2v) is 21.3. The predicted molar refractivity (Wildman–Crippen MR) is 276 cm³/mol. The lowest BCUT2D eigenvalue weighted by atomic mass is 9.35. The molecule has 12 aromatic rings. The topological polar surface area (TPSA) is 28.3 Å². The van der Waals surface area contributed by atoms with Gasteiger partial charge in [0.05, 0.1) is 33.4 Å². The van der Waals surface area contributed by atoms with E-state index in [0.29, 0.717) is 0 Å². The van der Waals surface area contributed by atoms with Crippen molar-refractivity contribution in [1.82, 2.24) is 9.13 Å². The van der Waals surface area contributed by atoms with Crippen LogP contribution in [0.2, 0.25) is 0 Å². The third kappa shape index (κ3) is 5.16. The first-order chi connectivity index (χ1) is 32.8. The lowest BCUT2D eigenvalue weighted by molar-refractivity contribution is 0.463. The van der Waals surface area contributed by atoms with E-state index in [1.54, 1.807) is 0 Å². The van der Waals surface area contributed by atoms with Crippen molar-refractivity contribution in [2.75, 3.05) is 0 Å². The number of para-hydroxylation sites is 5. The Kier molecular flexibility index (Phi) is 8.06. The van der Waals surface area contributed by atoms with E-state index in [1.165, 1.54) is 42.3 Å². The molecular formula is C60H39BN2O2Si. The van der Waals surface area contributed by atoms with Crippen LogP contribution in [0.1, 0.15) is 0 Å². The summed E-state index contributed by atoms with van der Waals surface area (Å²) in [6, 6.07) is 86.6. The van der Waals surface area contributed by atoms with E-state index in [9.17, 15) is 0 Å². The molecule has 66 heavy (non-hydrogen) atoms. The summed E-state index contributed by atoms with van der Waals surface area (Å²) in [7, 11) is -2.88. The fraction of sp³-hybridized carbons (Fsp3) is 0. The smallest absolute Gasteiger partial charge is 0.260 e. The predicted octanol–water partition coefficient (Wildman–Crippen LogP) is 9.99. The monoisotopic (exact) mass is 858 g/mol. The summed E-state index contributed by atoms with van der Waals surface area (Å²) in [6.45, 7) is -0.0596. The number of fused-ring (bicyclic) bond motifs is 10. The molecule has 4 heterocycles. The van der Waals surface area contributed by atoms with Gasteiger partial charge in [-0.25, -0.2) is 0 Å². The molecule has 2 aliphatic rings. The summed E-state index contributed by atoms with van der Waals surface area (Å²) in [5, 5.41) is 10.1. The molecule has 0 atom stereocenters. The van der Waals surface area contributed by atoms with Crippen molar-refractivity contribution in [3.63, 3.8) is 0 Å². The maximum Gasteiger partial charge on any atom is 0.260 e. The Bertz CT molecular complexity index is 3740. The Morgan fingerprint density at radius 3 is 1.47 bits per heavy atom. The SMILES string of the molecule is c1ccc([Si](c2ccccc2)(c2ccccc2)c2ccc3c(c2)c2cccc(-n4c5ccccc5c5ccccc54)c2n3-c2ccc3c4c2Oc2ccccc2B4c2ccccc2O3)cc1. The molecule has 0 N–H and O–H groups in total. The van der Waals surface area contributed by atoms with Gasteiger partial charge in [0.25, 0.3) is 6.71 Å². The van der Waals surface area contributed by atoms with Crippen molar-refractivity contribution in [1.29, 1.82) is 0 Å². The molecule has 0 aliphatic carbocycles. The van der Waals surface area contributed by atoms with Crippen LogP contribution in [0.3, 0.4) is 0 Å². The van der Waals surface area contributed by atoms with Crippen LogP contribution in [0.5, 0.6) is 23.0 Å². The maximum atomic E-state index is 7.21. The molecule has 4 nitrogen and oxygen atoms in total. The molecule has 0 spiro atoms. The van der Waals surface area contributed by atoms with Gasteiger partial charge in [0.2, 0.25) is 0 Å². The quantitative estimate of drug-likeness (QED) is 0.123. The lowest BCUT2D eigenvalue weighted by Crippen LogP contribution is -2.74. The van der Waals surface area contributed by atoms with E-state index in [-0.39, 0.29) is 6.71 Å². The van der Waals surface area contributed by atoms with Crippen molar-refractivity contribution in [2.45, 2.75) is 0 Å². The molecule has 2 aromatic heterocycles. The van der Waals surface area contributed by atoms with Crippen molar-refractivity contribution >= 4 is 95.5 Å². The second kappa shape index (κ2) is 14.3. The minimum absolute atomic E-state index is 0.0596. The standard InChI is InChI=1S/C60H39BN2O2Si/c1-4-19-40(20-5-1)66(41-21-6-2-7-22-41,42-23-8-3-9-24-42)43-35-36-52-47(39-43)46-27-18-32-53(62-50-30-14-10-25-44(50)45-26-11-15-31-51(45)62)59(46)63(52)54-37-38-57-58-60(54)65-56-34-17-13-29-49(56)61(58)48-28-12-16-33-55(48)64-57/h1-39H. The van der Waals surface area contributed by atoms with Crippen LogP contribution in [0.4, 0.5) is 0 Å². The second-order valence-electron chi connectivity index (χ2n) is 17.5. The number of ether oxygens (including phenoxy) is 2. The molecule has 0 fully saturated rings. The summed E-state index contributed by atoms with van der Waals surface area (Å²) in [5.41, 5.74) is 9.93. The molecule has 10 aromatic carbocycles. The number of nitrogens with zero attached hydrogens (tertiary/aromatic N) is 2. The summed E-state index contributed by atoms with van der Waals surface area (Å²) in [5.74, 6) is 3.38. The summed E-state index contributed by atoms with van der Waals surface area (Å²) < 4.78 is 18.9. The van der Waals surface area contributed by atoms with Gasteiger partial charge in [-0.15, -0.1) is 0 Å². The highest BCUT2D eigenvalue weighted by atomic mass is 28.3. The Morgan fingerprint density at radius 1 is 0.333 bits per heavy atom. The van der Waals surface area contributed by atoms with Gasteiger partial charge >= 0.3 is 0 Å². The lowest BCUT2D eigenvalue weighted by Gasteiger charge is -2.34. The first-order valence-corrected chi connectivity index (χ1v) is 24.7. The van der Waals surface area contributed by atoms with Gasteiger partial charge in [-0.1, -0.05) is 188 Å². The van der Waals surface area contributed by atoms with Crippen molar-refractivity contribution in [2.24, 2.45) is 0 Å². The first-order valence-electron chi connectivity index (χ1n) is 22.7. The Balaban J connectivity index is 1.13. The summed E-state index contributed by atoms with van der Waals surface area (Å²) in [6.07, 6.45) is 0. The molecule has 0 radical (unpaired) electrons. The van der Waals surface area contributed by atoms with Gasteiger partial charge < -0.3 is 18.6 Å². The number of hydrogen-bond acceptors (Lipinski definition) is 2. The first kappa shape index (κ1) is 37.1. The third-order valence-electron chi connectivity index (χ3n) is 14.2. The molecule has 308 valence electrons. The molecule has 6 heteroatoms. The van der Waals surface area contributed by atoms with Gasteiger partial charge in [-0.3, -0.25) is 0 Å². The average Bonchev–Trinajstić information content (AvgIpc) is 3.90. The molecule has 14 rings (SSSR count). The van der Waals surface area contributed by atoms with Crippen LogP contribution < -0.4 is 46.6 Å². The minimum Gasteiger partial charge on any atom is -0.458 e.